The molecule has 0 bridgehead atoms. The maximum atomic E-state index is 12.6. The fourth-order valence-corrected chi connectivity index (χ4v) is 3.11. The number of rotatable bonds is 5. The zero-order valence-electron chi connectivity index (χ0n) is 15.7. The molecule has 3 aromatic heterocycles. The quantitative estimate of drug-likeness (QED) is 0.747. The average Bonchev–Trinajstić information content (AvgIpc) is 3.37. The van der Waals surface area contributed by atoms with Gasteiger partial charge in [-0.15, -0.1) is 10.2 Å². The van der Waals surface area contributed by atoms with Crippen molar-refractivity contribution in [3.8, 4) is 11.5 Å². The number of hydrogen-bond acceptors (Lipinski definition) is 5. The molecule has 0 radical (unpaired) electrons. The molecule has 27 heavy (non-hydrogen) atoms. The second-order valence-corrected chi connectivity index (χ2v) is 7.22. The van der Waals surface area contributed by atoms with Crippen LogP contribution in [0.15, 0.2) is 36.8 Å². The van der Waals surface area contributed by atoms with Gasteiger partial charge in [0.1, 0.15) is 23.5 Å². The first kappa shape index (κ1) is 17.3. The number of amides is 1. The minimum atomic E-state index is -0.258. The van der Waals surface area contributed by atoms with E-state index in [0.29, 0.717) is 28.9 Å². The molecular weight excluding hydrogens is 340 g/mol. The highest BCUT2D eigenvalue weighted by Gasteiger charge is 2.26. The van der Waals surface area contributed by atoms with E-state index in [1.807, 2.05) is 29.7 Å². The number of aromatic nitrogens is 5. The van der Waals surface area contributed by atoms with E-state index in [0.717, 1.165) is 5.56 Å². The van der Waals surface area contributed by atoms with Crippen LogP contribution < -0.4 is 5.32 Å². The van der Waals surface area contributed by atoms with Gasteiger partial charge in [0, 0.05) is 12.2 Å². The smallest absolute Gasteiger partial charge is 0.275 e. The first-order chi connectivity index (χ1) is 13.0. The Kier molecular flexibility index (Phi) is 4.43. The Morgan fingerprint density at radius 2 is 2.11 bits per heavy atom. The van der Waals surface area contributed by atoms with Crippen molar-refractivity contribution in [1.29, 1.82) is 0 Å². The van der Waals surface area contributed by atoms with Gasteiger partial charge in [0.05, 0.1) is 0 Å². The van der Waals surface area contributed by atoms with E-state index in [4.69, 9.17) is 0 Å². The molecule has 1 amide bonds. The molecule has 0 atom stereocenters. The van der Waals surface area contributed by atoms with E-state index in [-0.39, 0.29) is 11.9 Å². The highest BCUT2D eigenvalue weighted by Crippen LogP contribution is 2.41. The van der Waals surface area contributed by atoms with Crippen molar-refractivity contribution in [3.63, 3.8) is 0 Å². The molecule has 0 saturated heterocycles. The van der Waals surface area contributed by atoms with Crippen LogP contribution >= 0.6 is 0 Å². The van der Waals surface area contributed by atoms with E-state index < -0.39 is 0 Å². The predicted octanol–water partition coefficient (Wildman–Crippen LogP) is 3.75. The van der Waals surface area contributed by atoms with Gasteiger partial charge in [-0.25, -0.2) is 4.98 Å². The highest BCUT2D eigenvalue weighted by atomic mass is 16.1. The normalized spacial score (nSPS) is 13.8. The van der Waals surface area contributed by atoms with Crippen molar-refractivity contribution in [2.75, 3.05) is 5.32 Å². The number of nitrogens with one attached hydrogen (secondary N) is 1. The van der Waals surface area contributed by atoms with Crippen LogP contribution in [0.4, 0.5) is 5.82 Å². The van der Waals surface area contributed by atoms with E-state index in [2.05, 4.69) is 39.3 Å². The van der Waals surface area contributed by atoms with E-state index in [1.165, 1.54) is 18.4 Å². The van der Waals surface area contributed by atoms with Crippen molar-refractivity contribution in [3.05, 3.63) is 53.6 Å². The number of anilines is 1. The fourth-order valence-electron chi connectivity index (χ4n) is 3.11. The van der Waals surface area contributed by atoms with Crippen LogP contribution in [0.25, 0.3) is 11.5 Å². The molecule has 7 nitrogen and oxygen atoms in total. The second kappa shape index (κ2) is 6.90. The standard InChI is InChI=1S/C20H22N6O/c1-12(2)26-11-22-25-19(26)16-5-4-6-18(23-16)24-20(27)17-9-15(14-7-8-14)13(3)10-21-17/h4-6,9-12,14H,7-8H2,1-3H3,(H,23,24,27). The van der Waals surface area contributed by atoms with E-state index in [9.17, 15) is 4.79 Å². The average molecular weight is 362 g/mol. The Balaban J connectivity index is 1.57. The van der Waals surface area contributed by atoms with Gasteiger partial charge >= 0.3 is 0 Å². The molecule has 4 rings (SSSR count). The molecule has 0 unspecified atom stereocenters. The molecule has 0 spiro atoms. The summed E-state index contributed by atoms with van der Waals surface area (Å²) >= 11 is 0. The highest BCUT2D eigenvalue weighted by molar-refractivity contribution is 6.02. The second-order valence-electron chi connectivity index (χ2n) is 7.22. The molecule has 1 aliphatic rings. The lowest BCUT2D eigenvalue weighted by molar-refractivity contribution is 0.102. The number of pyridine rings is 2. The maximum Gasteiger partial charge on any atom is 0.275 e. The number of hydrogen-bond donors (Lipinski definition) is 1. The summed E-state index contributed by atoms with van der Waals surface area (Å²) < 4.78 is 1.94. The first-order valence-corrected chi connectivity index (χ1v) is 9.17. The number of carbonyl (C=O) groups is 1. The SMILES string of the molecule is Cc1cnc(C(=O)Nc2cccc(-c3nncn3C(C)C)n2)cc1C1CC1. The van der Waals surface area contributed by atoms with Crippen LogP contribution in [0.3, 0.4) is 0 Å². The number of nitrogens with zero attached hydrogens (tertiary/aromatic N) is 5. The first-order valence-electron chi connectivity index (χ1n) is 9.17. The zero-order valence-corrected chi connectivity index (χ0v) is 15.7. The molecule has 3 heterocycles. The molecule has 1 N–H and O–H groups in total. The van der Waals surface area contributed by atoms with Crippen molar-refractivity contribution >= 4 is 11.7 Å². The van der Waals surface area contributed by atoms with Gasteiger partial charge in [-0.2, -0.15) is 0 Å². The third kappa shape index (κ3) is 3.58. The predicted molar refractivity (Wildman–Crippen MR) is 103 cm³/mol. The monoisotopic (exact) mass is 362 g/mol. The number of aryl methyl sites for hydroxylation is 1. The van der Waals surface area contributed by atoms with Crippen LogP contribution in [0.2, 0.25) is 0 Å². The molecule has 1 aliphatic carbocycles. The topological polar surface area (TPSA) is 85.6 Å². The van der Waals surface area contributed by atoms with Crippen LogP contribution in [0, 0.1) is 6.92 Å². The molecule has 0 aliphatic heterocycles. The summed E-state index contributed by atoms with van der Waals surface area (Å²) in [5.41, 5.74) is 3.44. The Morgan fingerprint density at radius 1 is 1.30 bits per heavy atom. The van der Waals surface area contributed by atoms with Crippen molar-refractivity contribution in [1.82, 2.24) is 24.7 Å². The summed E-state index contributed by atoms with van der Waals surface area (Å²) in [5.74, 6) is 1.45. The lowest BCUT2D eigenvalue weighted by Gasteiger charge is -2.11. The van der Waals surface area contributed by atoms with Crippen LogP contribution in [-0.2, 0) is 0 Å². The Labute approximate surface area is 157 Å². The number of carbonyl (C=O) groups excluding carboxylic acids is 1. The molecule has 1 saturated carbocycles. The molecule has 3 aromatic rings. The largest absolute Gasteiger partial charge is 0.310 e. The summed E-state index contributed by atoms with van der Waals surface area (Å²) in [6.07, 6.45) is 5.83. The molecule has 138 valence electrons. The van der Waals surface area contributed by atoms with E-state index >= 15 is 0 Å². The summed E-state index contributed by atoms with van der Waals surface area (Å²) in [4.78, 5) is 21.5. The van der Waals surface area contributed by atoms with Crippen molar-refractivity contribution < 1.29 is 4.79 Å². The zero-order chi connectivity index (χ0) is 19.0. The third-order valence-electron chi connectivity index (χ3n) is 4.74. The van der Waals surface area contributed by atoms with Gasteiger partial charge in [-0.05, 0) is 68.9 Å². The van der Waals surface area contributed by atoms with Crippen LogP contribution in [-0.4, -0.2) is 30.6 Å². The van der Waals surface area contributed by atoms with Gasteiger partial charge in [0.2, 0.25) is 0 Å². The molecule has 7 heteroatoms. The van der Waals surface area contributed by atoms with Crippen molar-refractivity contribution in [2.24, 2.45) is 0 Å². The minimum absolute atomic E-state index is 0.215. The minimum Gasteiger partial charge on any atom is -0.310 e. The Hall–Kier alpha value is -3.09. The summed E-state index contributed by atoms with van der Waals surface area (Å²) in [6, 6.07) is 7.57. The van der Waals surface area contributed by atoms with Gasteiger partial charge in [0.25, 0.3) is 5.91 Å². The van der Waals surface area contributed by atoms with Crippen LogP contribution in [0.1, 0.15) is 60.3 Å². The lowest BCUT2D eigenvalue weighted by Crippen LogP contribution is -2.15. The lowest BCUT2D eigenvalue weighted by atomic mass is 10.1. The molecular formula is C20H22N6O. The molecule has 1 fully saturated rings. The van der Waals surface area contributed by atoms with Gasteiger partial charge < -0.3 is 9.88 Å². The van der Waals surface area contributed by atoms with Crippen molar-refractivity contribution in [2.45, 2.75) is 45.6 Å². The summed E-state index contributed by atoms with van der Waals surface area (Å²) in [5, 5.41) is 11.0. The fraction of sp³-hybridized carbons (Fsp3) is 0.350. The molecule has 0 aromatic carbocycles. The Morgan fingerprint density at radius 3 is 2.85 bits per heavy atom. The van der Waals surface area contributed by atoms with Gasteiger partial charge in [-0.1, -0.05) is 6.07 Å². The van der Waals surface area contributed by atoms with Gasteiger partial charge in [-0.3, -0.25) is 9.78 Å². The summed E-state index contributed by atoms with van der Waals surface area (Å²) in [6.45, 7) is 6.15. The van der Waals surface area contributed by atoms with Crippen LogP contribution in [0.5, 0.6) is 0 Å². The van der Waals surface area contributed by atoms with Gasteiger partial charge in [0.15, 0.2) is 5.82 Å². The summed E-state index contributed by atoms with van der Waals surface area (Å²) in [7, 11) is 0. The van der Waals surface area contributed by atoms with E-state index in [1.54, 1.807) is 18.6 Å². The Bertz CT molecular complexity index is 990. The third-order valence-corrected chi connectivity index (χ3v) is 4.74. The maximum absolute atomic E-state index is 12.6.